The number of halogens is 1. The van der Waals surface area contributed by atoms with Gasteiger partial charge in [-0.15, -0.1) is 0 Å². The maximum atomic E-state index is 12.5. The Hall–Kier alpha value is -3.19. The zero-order valence-electron chi connectivity index (χ0n) is 16.6. The van der Waals surface area contributed by atoms with Crippen molar-refractivity contribution in [3.05, 3.63) is 69.7 Å². The van der Waals surface area contributed by atoms with E-state index in [0.29, 0.717) is 34.6 Å². The topological polar surface area (TPSA) is 90.3 Å². The van der Waals surface area contributed by atoms with Gasteiger partial charge in [0.25, 0.3) is 5.56 Å². The van der Waals surface area contributed by atoms with Crippen LogP contribution in [0.4, 0.5) is 5.69 Å². The molecule has 0 saturated carbocycles. The van der Waals surface area contributed by atoms with Crippen LogP contribution in [0.5, 0.6) is 0 Å². The molecule has 0 fully saturated rings. The van der Waals surface area contributed by atoms with E-state index in [9.17, 15) is 14.4 Å². The number of carbonyl (C=O) groups excluding carboxylic acids is 2. The molecule has 2 aromatic carbocycles. The summed E-state index contributed by atoms with van der Waals surface area (Å²) in [6, 6.07) is 11.8. The maximum Gasteiger partial charge on any atom is 0.339 e. The lowest BCUT2D eigenvalue weighted by Gasteiger charge is -2.10. The molecule has 0 unspecified atom stereocenters. The molecule has 8 heteroatoms. The molecule has 0 bridgehead atoms. The molecule has 0 spiro atoms. The summed E-state index contributed by atoms with van der Waals surface area (Å²) in [7, 11) is 1.28. The largest absolute Gasteiger partial charge is 0.465 e. The van der Waals surface area contributed by atoms with Gasteiger partial charge in [-0.1, -0.05) is 30.2 Å². The molecule has 1 aromatic heterocycles. The highest BCUT2D eigenvalue weighted by Crippen LogP contribution is 2.22. The third-order valence-corrected chi connectivity index (χ3v) is 4.93. The van der Waals surface area contributed by atoms with Crippen LogP contribution in [0.25, 0.3) is 10.9 Å². The second-order valence-corrected chi connectivity index (χ2v) is 7.24. The van der Waals surface area contributed by atoms with E-state index in [-0.39, 0.29) is 23.5 Å². The number of amides is 1. The van der Waals surface area contributed by atoms with E-state index in [1.54, 1.807) is 23.0 Å². The van der Waals surface area contributed by atoms with Crippen molar-refractivity contribution in [2.24, 2.45) is 0 Å². The molecule has 7 nitrogen and oxygen atoms in total. The van der Waals surface area contributed by atoms with Crippen LogP contribution in [-0.2, 0) is 16.1 Å². The maximum absolute atomic E-state index is 12.5. The van der Waals surface area contributed by atoms with E-state index in [1.807, 2.05) is 18.2 Å². The number of hydrogen-bond donors (Lipinski definition) is 1. The number of esters is 1. The summed E-state index contributed by atoms with van der Waals surface area (Å²) in [6.07, 6.45) is 4.02. The highest BCUT2D eigenvalue weighted by molar-refractivity contribution is 6.31. The van der Waals surface area contributed by atoms with Crippen LogP contribution in [0.3, 0.4) is 0 Å². The fourth-order valence-corrected chi connectivity index (χ4v) is 3.30. The molecular weight excluding hydrogens is 406 g/mol. The van der Waals surface area contributed by atoms with Crippen LogP contribution >= 0.6 is 11.6 Å². The summed E-state index contributed by atoms with van der Waals surface area (Å²) in [5.41, 5.74) is 1.20. The van der Waals surface area contributed by atoms with Crippen LogP contribution in [0, 0.1) is 0 Å². The van der Waals surface area contributed by atoms with E-state index >= 15 is 0 Å². The molecule has 0 atom stereocenters. The Morgan fingerprint density at radius 1 is 1.13 bits per heavy atom. The van der Waals surface area contributed by atoms with Crippen molar-refractivity contribution in [3.63, 3.8) is 0 Å². The molecule has 3 rings (SSSR count). The monoisotopic (exact) mass is 427 g/mol. The third kappa shape index (κ3) is 5.24. The Labute approximate surface area is 178 Å². The lowest BCUT2D eigenvalue weighted by Crippen LogP contribution is -2.20. The number of ether oxygens (including phenoxy) is 1. The first-order chi connectivity index (χ1) is 14.5. The summed E-state index contributed by atoms with van der Waals surface area (Å²) < 4.78 is 6.32. The number of fused-ring (bicyclic) bond motifs is 1. The van der Waals surface area contributed by atoms with Gasteiger partial charge in [-0.25, -0.2) is 9.78 Å². The van der Waals surface area contributed by atoms with Gasteiger partial charge in [-0.3, -0.25) is 14.2 Å². The van der Waals surface area contributed by atoms with E-state index in [1.165, 1.54) is 19.2 Å². The number of carbonyl (C=O) groups is 2. The zero-order valence-corrected chi connectivity index (χ0v) is 17.3. The van der Waals surface area contributed by atoms with E-state index in [0.717, 1.165) is 12.8 Å². The Morgan fingerprint density at radius 2 is 1.93 bits per heavy atom. The van der Waals surface area contributed by atoms with Gasteiger partial charge in [0.1, 0.15) is 0 Å². The molecule has 156 valence electrons. The number of methoxy groups -OCH3 is 1. The van der Waals surface area contributed by atoms with E-state index in [2.05, 4.69) is 10.3 Å². The number of nitrogens with one attached hydrogen (secondary N) is 1. The zero-order chi connectivity index (χ0) is 21.5. The van der Waals surface area contributed by atoms with Crippen molar-refractivity contribution in [1.82, 2.24) is 9.55 Å². The smallest absolute Gasteiger partial charge is 0.339 e. The molecule has 1 N–H and O–H groups in total. The van der Waals surface area contributed by atoms with Gasteiger partial charge in [0, 0.05) is 18.0 Å². The first kappa shape index (κ1) is 21.5. The van der Waals surface area contributed by atoms with Gasteiger partial charge in [0.15, 0.2) is 0 Å². The van der Waals surface area contributed by atoms with Gasteiger partial charge in [-0.2, -0.15) is 0 Å². The standard InChI is InChI=1S/C22H22ClN3O4/c1-30-22(29)17-11-10-15(23)13-19(17)25-20(27)9-3-2-6-12-26-14-24-18-8-5-4-7-16(18)21(26)28/h4-5,7-8,10-11,13-14H,2-3,6,9,12H2,1H3,(H,25,27). The van der Waals surface area contributed by atoms with E-state index < -0.39 is 5.97 Å². The van der Waals surface area contributed by atoms with Crippen molar-refractivity contribution in [1.29, 1.82) is 0 Å². The van der Waals surface area contributed by atoms with Crippen molar-refractivity contribution in [2.45, 2.75) is 32.2 Å². The number of para-hydroxylation sites is 1. The predicted octanol–water partition coefficient (Wildman–Crippen LogP) is 4.04. The average molecular weight is 428 g/mol. The van der Waals surface area contributed by atoms with Gasteiger partial charge >= 0.3 is 5.97 Å². The normalized spacial score (nSPS) is 10.7. The molecule has 0 aliphatic rings. The fourth-order valence-electron chi connectivity index (χ4n) is 3.13. The molecule has 0 saturated heterocycles. The number of aryl methyl sites for hydroxylation is 1. The molecule has 30 heavy (non-hydrogen) atoms. The number of nitrogens with zero attached hydrogens (tertiary/aromatic N) is 2. The van der Waals surface area contributed by atoms with Gasteiger partial charge in [0.2, 0.25) is 5.91 Å². The summed E-state index contributed by atoms with van der Waals surface area (Å²) >= 11 is 5.96. The average Bonchev–Trinajstić information content (AvgIpc) is 2.74. The molecular formula is C22H22ClN3O4. The van der Waals surface area contributed by atoms with Crippen LogP contribution < -0.4 is 10.9 Å². The number of unbranched alkanes of at least 4 members (excludes halogenated alkanes) is 2. The highest BCUT2D eigenvalue weighted by Gasteiger charge is 2.14. The third-order valence-electron chi connectivity index (χ3n) is 4.70. The summed E-state index contributed by atoms with van der Waals surface area (Å²) in [5, 5.41) is 3.72. The number of aromatic nitrogens is 2. The molecule has 0 aliphatic carbocycles. The number of rotatable bonds is 8. The predicted molar refractivity (Wildman–Crippen MR) is 116 cm³/mol. The Bertz CT molecular complexity index is 1130. The molecule has 1 amide bonds. The first-order valence-electron chi connectivity index (χ1n) is 9.61. The highest BCUT2D eigenvalue weighted by atomic mass is 35.5. The van der Waals surface area contributed by atoms with Crippen LogP contribution in [0.15, 0.2) is 53.6 Å². The van der Waals surface area contributed by atoms with Gasteiger partial charge in [0.05, 0.1) is 35.6 Å². The molecule has 0 aliphatic heterocycles. The van der Waals surface area contributed by atoms with Crippen molar-refractivity contribution in [3.8, 4) is 0 Å². The minimum absolute atomic E-state index is 0.0605. The molecule has 1 heterocycles. The summed E-state index contributed by atoms with van der Waals surface area (Å²) in [6.45, 7) is 0.541. The second-order valence-electron chi connectivity index (χ2n) is 6.80. The second kappa shape index (κ2) is 10.0. The SMILES string of the molecule is COC(=O)c1ccc(Cl)cc1NC(=O)CCCCCn1cnc2ccccc2c1=O. The van der Waals surface area contributed by atoms with Gasteiger partial charge in [-0.05, 0) is 43.2 Å². The number of hydrogen-bond acceptors (Lipinski definition) is 5. The fraction of sp³-hybridized carbons (Fsp3) is 0.273. The minimum Gasteiger partial charge on any atom is -0.465 e. The first-order valence-corrected chi connectivity index (χ1v) is 9.99. The van der Waals surface area contributed by atoms with E-state index in [4.69, 9.17) is 16.3 Å². The Morgan fingerprint density at radius 3 is 2.73 bits per heavy atom. The summed E-state index contributed by atoms with van der Waals surface area (Å²) in [4.78, 5) is 40.8. The number of benzene rings is 2. The Kier molecular flexibility index (Phi) is 7.19. The minimum atomic E-state index is -0.545. The Balaban J connectivity index is 1.49. The lowest BCUT2D eigenvalue weighted by atomic mass is 10.1. The molecule has 0 radical (unpaired) electrons. The van der Waals surface area contributed by atoms with Crippen molar-refractivity contribution < 1.29 is 14.3 Å². The van der Waals surface area contributed by atoms with Gasteiger partial charge < -0.3 is 10.1 Å². The quantitative estimate of drug-likeness (QED) is 0.433. The van der Waals surface area contributed by atoms with Crippen LogP contribution in [-0.4, -0.2) is 28.5 Å². The molecule has 3 aromatic rings. The van der Waals surface area contributed by atoms with Crippen LogP contribution in [0.1, 0.15) is 36.0 Å². The lowest BCUT2D eigenvalue weighted by molar-refractivity contribution is -0.116. The van der Waals surface area contributed by atoms with Crippen molar-refractivity contribution in [2.75, 3.05) is 12.4 Å². The van der Waals surface area contributed by atoms with Crippen LogP contribution in [0.2, 0.25) is 5.02 Å². The van der Waals surface area contributed by atoms with Crippen molar-refractivity contribution >= 4 is 40.1 Å². The number of anilines is 1. The summed E-state index contributed by atoms with van der Waals surface area (Å²) in [5.74, 6) is -0.761.